The van der Waals surface area contributed by atoms with Crippen LogP contribution in [-0.2, 0) is 0 Å². The van der Waals surface area contributed by atoms with Crippen LogP contribution in [0, 0.1) is 0 Å². The van der Waals surface area contributed by atoms with Crippen molar-refractivity contribution in [1.82, 2.24) is 0 Å². The first-order valence-electron chi connectivity index (χ1n) is 6.03. The molecule has 0 bridgehead atoms. The van der Waals surface area contributed by atoms with Crippen LogP contribution in [0.1, 0.15) is 11.1 Å². The Hall–Kier alpha value is -2.34. The minimum absolute atomic E-state index is 1.15. The third-order valence-corrected chi connectivity index (χ3v) is 3.35. The highest BCUT2D eigenvalue weighted by Crippen LogP contribution is 2.27. The fourth-order valence-corrected chi connectivity index (χ4v) is 2.37. The maximum absolute atomic E-state index is 3.88. The van der Waals surface area contributed by atoms with Gasteiger partial charge >= 0.3 is 0 Å². The maximum Gasteiger partial charge on any atom is -0.0105 e. The molecule has 3 aromatic carbocycles. The van der Waals surface area contributed by atoms with Gasteiger partial charge in [0.2, 0.25) is 0 Å². The Labute approximate surface area is 107 Å². The van der Waals surface area contributed by atoms with Crippen LogP contribution in [0.3, 0.4) is 0 Å². The van der Waals surface area contributed by atoms with Gasteiger partial charge in [0, 0.05) is 0 Å². The highest BCUT2D eigenvalue weighted by atomic mass is 14.1. The summed E-state index contributed by atoms with van der Waals surface area (Å²) in [7, 11) is 0. The van der Waals surface area contributed by atoms with Gasteiger partial charge in [-0.15, -0.1) is 0 Å². The first-order valence-corrected chi connectivity index (χ1v) is 6.03. The Morgan fingerprint density at radius 3 is 2.39 bits per heavy atom. The smallest absolute Gasteiger partial charge is 0.0105 e. The fraction of sp³-hybridized carbons (Fsp3) is 0. The van der Waals surface area contributed by atoms with Crippen molar-refractivity contribution in [2.75, 3.05) is 0 Å². The van der Waals surface area contributed by atoms with Crippen LogP contribution in [0.15, 0.2) is 61.7 Å². The van der Waals surface area contributed by atoms with Crippen molar-refractivity contribution in [2.45, 2.75) is 0 Å². The van der Waals surface area contributed by atoms with Crippen LogP contribution >= 0.6 is 0 Å². The molecule has 0 nitrogen and oxygen atoms in total. The molecule has 0 fully saturated rings. The lowest BCUT2D eigenvalue weighted by molar-refractivity contribution is 1.71. The summed E-state index contributed by atoms with van der Waals surface area (Å²) in [4.78, 5) is 0. The molecule has 0 saturated heterocycles. The van der Waals surface area contributed by atoms with E-state index in [1.54, 1.807) is 0 Å². The molecule has 18 heavy (non-hydrogen) atoms. The largest absolute Gasteiger partial charge is 0.0985 e. The normalized spacial score (nSPS) is 10.7. The van der Waals surface area contributed by atoms with E-state index in [0.717, 1.165) is 5.56 Å². The van der Waals surface area contributed by atoms with Crippen LogP contribution in [-0.4, -0.2) is 0 Å². The summed E-state index contributed by atoms with van der Waals surface area (Å²) in [5.74, 6) is 0. The van der Waals surface area contributed by atoms with E-state index in [2.05, 4.69) is 61.7 Å². The maximum atomic E-state index is 3.88. The molecule has 0 N–H and O–H groups in total. The van der Waals surface area contributed by atoms with E-state index in [1.165, 1.54) is 27.1 Å². The molecule has 3 aromatic rings. The molecule has 0 aliphatic carbocycles. The molecule has 0 aliphatic rings. The molecule has 3 rings (SSSR count). The van der Waals surface area contributed by atoms with E-state index in [9.17, 15) is 0 Å². The van der Waals surface area contributed by atoms with Crippen LogP contribution in [0.25, 0.3) is 33.7 Å². The minimum Gasteiger partial charge on any atom is -0.0985 e. The topological polar surface area (TPSA) is 0 Å². The van der Waals surface area contributed by atoms with E-state index in [1.807, 2.05) is 12.2 Å². The van der Waals surface area contributed by atoms with Gasteiger partial charge in [-0.1, -0.05) is 55.6 Å². The van der Waals surface area contributed by atoms with Gasteiger partial charge in [-0.3, -0.25) is 0 Å². The van der Waals surface area contributed by atoms with Crippen molar-refractivity contribution in [3.8, 4) is 0 Å². The highest BCUT2D eigenvalue weighted by molar-refractivity contribution is 6.02. The Balaban J connectivity index is 2.42. The minimum atomic E-state index is 1.15. The lowest BCUT2D eigenvalue weighted by Gasteiger charge is -2.06. The van der Waals surface area contributed by atoms with E-state index in [4.69, 9.17) is 0 Å². The molecule has 0 atom stereocenters. The molecular formula is C18H14. The van der Waals surface area contributed by atoms with Gasteiger partial charge < -0.3 is 0 Å². The number of rotatable bonds is 2. The molecule has 0 amide bonds. The quantitative estimate of drug-likeness (QED) is 0.525. The van der Waals surface area contributed by atoms with Gasteiger partial charge in [0.1, 0.15) is 0 Å². The van der Waals surface area contributed by atoms with Crippen molar-refractivity contribution in [1.29, 1.82) is 0 Å². The third kappa shape index (κ3) is 1.63. The molecule has 86 valence electrons. The van der Waals surface area contributed by atoms with E-state index in [-0.39, 0.29) is 0 Å². The summed E-state index contributed by atoms with van der Waals surface area (Å²) in [5, 5.41) is 5.01. The second-order valence-electron chi connectivity index (χ2n) is 4.44. The zero-order valence-corrected chi connectivity index (χ0v) is 10.2. The van der Waals surface area contributed by atoms with Crippen molar-refractivity contribution < 1.29 is 0 Å². The van der Waals surface area contributed by atoms with Crippen molar-refractivity contribution in [3.63, 3.8) is 0 Å². The Morgan fingerprint density at radius 2 is 1.61 bits per heavy atom. The second kappa shape index (κ2) is 4.15. The Kier molecular flexibility index (Phi) is 2.49. The van der Waals surface area contributed by atoms with Crippen LogP contribution < -0.4 is 0 Å². The van der Waals surface area contributed by atoms with Crippen molar-refractivity contribution in [2.24, 2.45) is 0 Å². The van der Waals surface area contributed by atoms with Gasteiger partial charge in [0.05, 0.1) is 0 Å². The number of hydrogen-bond acceptors (Lipinski definition) is 0. The second-order valence-corrected chi connectivity index (χ2v) is 4.44. The van der Waals surface area contributed by atoms with Gasteiger partial charge in [0.15, 0.2) is 0 Å². The molecule has 0 heteroatoms. The standard InChI is InChI=1S/C18H14/c1-3-13-8-9-15-12-18-14(4-2)6-5-7-16(18)11-17(15)10-13/h3-12H,1-2H2. The summed E-state index contributed by atoms with van der Waals surface area (Å²) in [6, 6.07) is 17.2. The molecule has 0 unspecified atom stereocenters. The highest BCUT2D eigenvalue weighted by Gasteiger charge is 2.01. The number of fused-ring (bicyclic) bond motifs is 2. The molecule has 0 radical (unpaired) electrons. The van der Waals surface area contributed by atoms with Crippen LogP contribution in [0.5, 0.6) is 0 Å². The SMILES string of the molecule is C=Cc1ccc2cc3c(C=C)cccc3cc2c1. The molecule has 0 aliphatic heterocycles. The van der Waals surface area contributed by atoms with Crippen LogP contribution in [0.2, 0.25) is 0 Å². The van der Waals surface area contributed by atoms with E-state index >= 15 is 0 Å². The Bertz CT molecular complexity index is 763. The lowest BCUT2D eigenvalue weighted by Crippen LogP contribution is -1.81. The monoisotopic (exact) mass is 230 g/mol. The predicted molar refractivity (Wildman–Crippen MR) is 81.6 cm³/mol. The predicted octanol–water partition coefficient (Wildman–Crippen LogP) is 5.28. The molecule has 0 heterocycles. The number of benzene rings is 3. The van der Waals surface area contributed by atoms with Gasteiger partial charge in [0.25, 0.3) is 0 Å². The molecule has 0 aromatic heterocycles. The van der Waals surface area contributed by atoms with Crippen molar-refractivity contribution in [3.05, 3.63) is 72.8 Å². The van der Waals surface area contributed by atoms with Gasteiger partial charge in [-0.2, -0.15) is 0 Å². The molecule has 0 spiro atoms. The van der Waals surface area contributed by atoms with Gasteiger partial charge in [-0.05, 0) is 50.9 Å². The van der Waals surface area contributed by atoms with E-state index < -0.39 is 0 Å². The average Bonchev–Trinajstić information content (AvgIpc) is 2.43. The zero-order valence-electron chi connectivity index (χ0n) is 10.2. The lowest BCUT2D eigenvalue weighted by atomic mass is 9.98. The summed E-state index contributed by atoms with van der Waals surface area (Å²) in [6.07, 6.45) is 3.79. The number of hydrogen-bond donors (Lipinski definition) is 0. The van der Waals surface area contributed by atoms with Crippen molar-refractivity contribution >= 4 is 33.7 Å². The van der Waals surface area contributed by atoms with Gasteiger partial charge in [-0.25, -0.2) is 0 Å². The van der Waals surface area contributed by atoms with Crippen LogP contribution in [0.4, 0.5) is 0 Å². The molecule has 0 saturated carbocycles. The first kappa shape index (κ1) is 10.8. The summed E-state index contributed by atoms with van der Waals surface area (Å²) >= 11 is 0. The summed E-state index contributed by atoms with van der Waals surface area (Å²) in [6.45, 7) is 7.69. The first-order chi connectivity index (χ1) is 8.81. The Morgan fingerprint density at radius 1 is 0.722 bits per heavy atom. The fourth-order valence-electron chi connectivity index (χ4n) is 2.37. The zero-order chi connectivity index (χ0) is 12.5. The summed E-state index contributed by atoms with van der Waals surface area (Å²) < 4.78 is 0. The van der Waals surface area contributed by atoms with E-state index in [0.29, 0.717) is 0 Å². The average molecular weight is 230 g/mol. The third-order valence-electron chi connectivity index (χ3n) is 3.35. The summed E-state index contributed by atoms with van der Waals surface area (Å²) in [5.41, 5.74) is 2.34. The molecular weight excluding hydrogens is 216 g/mol.